The van der Waals surface area contributed by atoms with Crippen molar-refractivity contribution in [1.82, 2.24) is 10.2 Å². The Hall–Kier alpha value is -2.30. The van der Waals surface area contributed by atoms with E-state index in [1.54, 1.807) is 18.5 Å². The highest BCUT2D eigenvalue weighted by molar-refractivity contribution is 6.04. The van der Waals surface area contributed by atoms with Crippen molar-refractivity contribution in [2.24, 2.45) is 0 Å². The van der Waals surface area contributed by atoms with Gasteiger partial charge in [0, 0.05) is 24.5 Å². The molecule has 1 aromatic carbocycles. The third-order valence-electron chi connectivity index (χ3n) is 2.51. The van der Waals surface area contributed by atoms with Crippen molar-refractivity contribution in [2.75, 3.05) is 17.7 Å². The first-order valence-corrected chi connectivity index (χ1v) is 5.29. The van der Waals surface area contributed by atoms with Gasteiger partial charge in [-0.2, -0.15) is 5.10 Å². The maximum absolute atomic E-state index is 11.9. The number of carbonyl (C=O) groups is 1. The van der Waals surface area contributed by atoms with Crippen LogP contribution in [0.4, 0.5) is 11.4 Å². The molecule has 0 aliphatic rings. The molecule has 0 spiro atoms. The monoisotopic (exact) mass is 230 g/mol. The van der Waals surface area contributed by atoms with Crippen LogP contribution in [-0.4, -0.2) is 23.2 Å². The molecule has 0 unspecified atom stereocenters. The summed E-state index contributed by atoms with van der Waals surface area (Å²) in [4.78, 5) is 11.9. The van der Waals surface area contributed by atoms with Gasteiger partial charge >= 0.3 is 0 Å². The maximum atomic E-state index is 11.9. The SMILES string of the molecule is CNc1ccc(C(=O)Nc2cn[nH]c2)cc1C. The van der Waals surface area contributed by atoms with E-state index in [1.165, 1.54) is 0 Å². The topological polar surface area (TPSA) is 69.8 Å². The molecule has 1 aromatic heterocycles. The number of hydrogen-bond donors (Lipinski definition) is 3. The van der Waals surface area contributed by atoms with Crippen molar-refractivity contribution in [1.29, 1.82) is 0 Å². The molecular weight excluding hydrogens is 216 g/mol. The average Bonchev–Trinajstić information content (AvgIpc) is 2.81. The summed E-state index contributed by atoms with van der Waals surface area (Å²) in [5.41, 5.74) is 3.34. The van der Waals surface area contributed by atoms with Crippen LogP contribution in [0.15, 0.2) is 30.6 Å². The molecule has 0 atom stereocenters. The van der Waals surface area contributed by atoms with E-state index in [2.05, 4.69) is 20.8 Å². The van der Waals surface area contributed by atoms with Gasteiger partial charge in [0.25, 0.3) is 5.91 Å². The number of anilines is 2. The van der Waals surface area contributed by atoms with Gasteiger partial charge < -0.3 is 10.6 Å². The zero-order valence-corrected chi connectivity index (χ0v) is 9.74. The lowest BCUT2D eigenvalue weighted by atomic mass is 10.1. The van der Waals surface area contributed by atoms with Crippen LogP contribution in [0.5, 0.6) is 0 Å². The van der Waals surface area contributed by atoms with Gasteiger partial charge in [-0.3, -0.25) is 9.89 Å². The van der Waals surface area contributed by atoms with E-state index in [1.807, 2.05) is 26.1 Å². The number of nitrogens with one attached hydrogen (secondary N) is 3. The summed E-state index contributed by atoms with van der Waals surface area (Å²) in [6.07, 6.45) is 3.19. The quantitative estimate of drug-likeness (QED) is 0.755. The predicted octanol–water partition coefficient (Wildman–Crippen LogP) is 2.01. The highest BCUT2D eigenvalue weighted by Crippen LogP contribution is 2.16. The highest BCUT2D eigenvalue weighted by Gasteiger charge is 2.08. The van der Waals surface area contributed by atoms with Crippen molar-refractivity contribution in [3.05, 3.63) is 41.7 Å². The van der Waals surface area contributed by atoms with Crippen molar-refractivity contribution in [3.63, 3.8) is 0 Å². The van der Waals surface area contributed by atoms with Crippen LogP contribution in [0, 0.1) is 6.92 Å². The fourth-order valence-electron chi connectivity index (χ4n) is 1.61. The van der Waals surface area contributed by atoms with Crippen LogP contribution in [0.3, 0.4) is 0 Å². The van der Waals surface area contributed by atoms with Gasteiger partial charge in [0.05, 0.1) is 11.9 Å². The van der Waals surface area contributed by atoms with Gasteiger partial charge in [0.2, 0.25) is 0 Å². The molecule has 0 saturated carbocycles. The van der Waals surface area contributed by atoms with Gasteiger partial charge in [-0.25, -0.2) is 0 Å². The van der Waals surface area contributed by atoms with Crippen molar-refractivity contribution in [3.8, 4) is 0 Å². The molecule has 2 aromatic rings. The molecule has 5 heteroatoms. The Morgan fingerprint density at radius 1 is 1.41 bits per heavy atom. The lowest BCUT2D eigenvalue weighted by Crippen LogP contribution is -2.11. The van der Waals surface area contributed by atoms with E-state index in [-0.39, 0.29) is 5.91 Å². The van der Waals surface area contributed by atoms with E-state index >= 15 is 0 Å². The lowest BCUT2D eigenvalue weighted by molar-refractivity contribution is 0.102. The van der Waals surface area contributed by atoms with Crippen LogP contribution in [0.1, 0.15) is 15.9 Å². The normalized spacial score (nSPS) is 10.0. The second kappa shape index (κ2) is 4.69. The summed E-state index contributed by atoms with van der Waals surface area (Å²) in [5.74, 6) is -0.142. The summed E-state index contributed by atoms with van der Waals surface area (Å²) in [7, 11) is 1.85. The number of nitrogens with zero attached hydrogens (tertiary/aromatic N) is 1. The van der Waals surface area contributed by atoms with Crippen LogP contribution in [0.2, 0.25) is 0 Å². The molecule has 0 saturated heterocycles. The Balaban J connectivity index is 2.17. The van der Waals surface area contributed by atoms with Crippen LogP contribution >= 0.6 is 0 Å². The largest absolute Gasteiger partial charge is 0.388 e. The first kappa shape index (κ1) is 11.2. The first-order valence-electron chi connectivity index (χ1n) is 5.29. The van der Waals surface area contributed by atoms with E-state index in [0.717, 1.165) is 11.3 Å². The number of aryl methyl sites for hydroxylation is 1. The van der Waals surface area contributed by atoms with Gasteiger partial charge in [0.15, 0.2) is 0 Å². The molecule has 17 heavy (non-hydrogen) atoms. The summed E-state index contributed by atoms with van der Waals surface area (Å²) >= 11 is 0. The molecule has 88 valence electrons. The van der Waals surface area contributed by atoms with Crippen molar-refractivity contribution in [2.45, 2.75) is 6.92 Å². The fourth-order valence-corrected chi connectivity index (χ4v) is 1.61. The Kier molecular flexibility index (Phi) is 3.09. The number of hydrogen-bond acceptors (Lipinski definition) is 3. The lowest BCUT2D eigenvalue weighted by Gasteiger charge is -2.07. The summed E-state index contributed by atoms with van der Waals surface area (Å²) in [5, 5.41) is 12.2. The standard InChI is InChI=1S/C12H14N4O/c1-8-5-9(3-4-11(8)13-2)12(17)16-10-6-14-15-7-10/h3-7,13H,1-2H3,(H,14,15)(H,16,17). The third kappa shape index (κ3) is 2.44. The second-order valence-corrected chi connectivity index (χ2v) is 3.72. The average molecular weight is 230 g/mol. The number of amides is 1. The zero-order chi connectivity index (χ0) is 12.3. The van der Waals surface area contributed by atoms with Crippen LogP contribution in [-0.2, 0) is 0 Å². The molecule has 2 rings (SSSR count). The summed E-state index contributed by atoms with van der Waals surface area (Å²) in [6, 6.07) is 5.52. The van der Waals surface area contributed by atoms with E-state index in [0.29, 0.717) is 11.3 Å². The number of rotatable bonds is 3. The molecule has 0 fully saturated rings. The maximum Gasteiger partial charge on any atom is 0.255 e. The van der Waals surface area contributed by atoms with Gasteiger partial charge in [-0.15, -0.1) is 0 Å². The number of carbonyl (C=O) groups excluding carboxylic acids is 1. The molecule has 0 aliphatic carbocycles. The minimum atomic E-state index is -0.142. The Morgan fingerprint density at radius 3 is 2.82 bits per heavy atom. The highest BCUT2D eigenvalue weighted by atomic mass is 16.1. The predicted molar refractivity (Wildman–Crippen MR) is 67.3 cm³/mol. The second-order valence-electron chi connectivity index (χ2n) is 3.72. The number of H-pyrrole nitrogens is 1. The van der Waals surface area contributed by atoms with E-state index < -0.39 is 0 Å². The fraction of sp³-hybridized carbons (Fsp3) is 0.167. The summed E-state index contributed by atoms with van der Waals surface area (Å²) < 4.78 is 0. The number of benzene rings is 1. The Bertz CT molecular complexity index is 519. The molecule has 0 radical (unpaired) electrons. The Labute approximate surface area is 99.2 Å². The molecule has 0 bridgehead atoms. The molecule has 3 N–H and O–H groups in total. The number of aromatic amines is 1. The van der Waals surface area contributed by atoms with Gasteiger partial charge in [0.1, 0.15) is 0 Å². The van der Waals surface area contributed by atoms with Crippen molar-refractivity contribution >= 4 is 17.3 Å². The minimum absolute atomic E-state index is 0.142. The molecule has 5 nitrogen and oxygen atoms in total. The summed E-state index contributed by atoms with van der Waals surface area (Å²) in [6.45, 7) is 1.96. The van der Waals surface area contributed by atoms with Crippen molar-refractivity contribution < 1.29 is 4.79 Å². The van der Waals surface area contributed by atoms with Crippen LogP contribution < -0.4 is 10.6 Å². The molecule has 1 heterocycles. The first-order chi connectivity index (χ1) is 8.20. The minimum Gasteiger partial charge on any atom is -0.388 e. The Morgan fingerprint density at radius 2 is 2.24 bits per heavy atom. The van der Waals surface area contributed by atoms with E-state index in [9.17, 15) is 4.79 Å². The number of aromatic nitrogens is 2. The zero-order valence-electron chi connectivity index (χ0n) is 9.74. The third-order valence-corrected chi connectivity index (χ3v) is 2.51. The van der Waals surface area contributed by atoms with Gasteiger partial charge in [-0.05, 0) is 30.7 Å². The van der Waals surface area contributed by atoms with E-state index in [4.69, 9.17) is 0 Å². The van der Waals surface area contributed by atoms with Crippen LogP contribution in [0.25, 0.3) is 0 Å². The molecular formula is C12H14N4O. The smallest absolute Gasteiger partial charge is 0.255 e. The van der Waals surface area contributed by atoms with Gasteiger partial charge in [-0.1, -0.05) is 0 Å². The molecule has 1 amide bonds. The molecule has 0 aliphatic heterocycles.